The van der Waals surface area contributed by atoms with Crippen LogP contribution >= 0.6 is 0 Å². The molecule has 0 radical (unpaired) electrons. The Kier molecular flexibility index (Phi) is 4.84. The van der Waals surface area contributed by atoms with Gasteiger partial charge in [-0.25, -0.2) is 9.78 Å². The fourth-order valence-electron chi connectivity index (χ4n) is 4.59. The molecule has 0 aliphatic heterocycles. The van der Waals surface area contributed by atoms with E-state index in [1.165, 1.54) is 15.7 Å². The Labute approximate surface area is 179 Å². The Hall–Kier alpha value is -3.42. The van der Waals surface area contributed by atoms with Crippen molar-refractivity contribution in [3.05, 3.63) is 68.6 Å². The minimum atomic E-state index is -0.315. The first kappa shape index (κ1) is 19.5. The first-order chi connectivity index (χ1) is 15.1. The third-order valence-corrected chi connectivity index (χ3v) is 6.05. The second-order valence-electron chi connectivity index (χ2n) is 8.14. The molecule has 3 heterocycles. The Morgan fingerprint density at radius 3 is 2.68 bits per heavy atom. The number of aryl methyl sites for hydroxylation is 2. The summed E-state index contributed by atoms with van der Waals surface area (Å²) in [6.45, 7) is 4.87. The van der Waals surface area contributed by atoms with E-state index in [4.69, 9.17) is 0 Å². The molecule has 1 N–H and O–H groups in total. The average Bonchev–Trinajstić information content (AvgIpc) is 3.51. The number of rotatable bonds is 6. The van der Waals surface area contributed by atoms with Crippen LogP contribution in [0.25, 0.3) is 22.6 Å². The molecule has 1 aromatic carbocycles. The molecular formula is C23H26N6O2. The van der Waals surface area contributed by atoms with Gasteiger partial charge in [0, 0.05) is 19.3 Å². The van der Waals surface area contributed by atoms with Crippen LogP contribution in [0.1, 0.15) is 50.3 Å². The molecule has 0 amide bonds. The number of fused-ring (bicyclic) bond motifs is 2. The lowest BCUT2D eigenvalue weighted by molar-refractivity contribution is 0.520. The molecular weight excluding hydrogens is 392 g/mol. The van der Waals surface area contributed by atoms with E-state index in [1.54, 1.807) is 10.8 Å². The highest BCUT2D eigenvalue weighted by Gasteiger charge is 2.25. The number of nitrogens with zero attached hydrogens (tertiary/aromatic N) is 5. The summed E-state index contributed by atoms with van der Waals surface area (Å²) in [5.74, 6) is 0.558. The number of H-pyrrole nitrogens is 1. The lowest BCUT2D eigenvalue weighted by atomic mass is 10.1. The van der Waals surface area contributed by atoms with Crippen LogP contribution in [0.5, 0.6) is 0 Å². The fourth-order valence-corrected chi connectivity index (χ4v) is 4.59. The van der Waals surface area contributed by atoms with Gasteiger partial charge in [-0.05, 0) is 36.8 Å². The molecule has 3 aromatic heterocycles. The van der Waals surface area contributed by atoms with Gasteiger partial charge in [-0.15, -0.1) is 0 Å². The highest BCUT2D eigenvalue weighted by Crippen LogP contribution is 2.34. The first-order valence-electron chi connectivity index (χ1n) is 11.0. The summed E-state index contributed by atoms with van der Waals surface area (Å²) in [6, 6.07) is 8.68. The zero-order valence-corrected chi connectivity index (χ0v) is 17.8. The van der Waals surface area contributed by atoms with Crippen molar-refractivity contribution in [2.75, 3.05) is 0 Å². The summed E-state index contributed by atoms with van der Waals surface area (Å²) in [5.41, 5.74) is 3.66. The molecule has 0 spiro atoms. The Bertz CT molecular complexity index is 1370. The third kappa shape index (κ3) is 3.13. The van der Waals surface area contributed by atoms with Crippen molar-refractivity contribution in [1.82, 2.24) is 28.9 Å². The smallest absolute Gasteiger partial charge is 0.332 e. The normalized spacial score (nSPS) is 15.6. The number of nitrogens with one attached hydrogen (secondary N) is 1. The van der Waals surface area contributed by atoms with Crippen molar-refractivity contribution < 1.29 is 0 Å². The molecule has 4 aromatic rings. The zero-order valence-electron chi connectivity index (χ0n) is 17.8. The monoisotopic (exact) mass is 418 g/mol. The van der Waals surface area contributed by atoms with Gasteiger partial charge in [0.1, 0.15) is 11.3 Å². The predicted molar refractivity (Wildman–Crippen MR) is 119 cm³/mol. The minimum Gasteiger partial charge on any atom is -0.332 e. The van der Waals surface area contributed by atoms with Crippen molar-refractivity contribution >= 4 is 11.2 Å². The van der Waals surface area contributed by atoms with Crippen LogP contribution in [0.3, 0.4) is 0 Å². The van der Waals surface area contributed by atoms with E-state index in [2.05, 4.69) is 39.3 Å². The molecule has 5 rings (SSSR count). The van der Waals surface area contributed by atoms with Crippen molar-refractivity contribution in [3.8, 4) is 11.4 Å². The van der Waals surface area contributed by atoms with Crippen molar-refractivity contribution in [2.45, 2.75) is 58.7 Å². The molecule has 8 heteroatoms. The molecule has 31 heavy (non-hydrogen) atoms. The summed E-state index contributed by atoms with van der Waals surface area (Å²) >= 11 is 0. The van der Waals surface area contributed by atoms with Crippen LogP contribution in [-0.2, 0) is 19.5 Å². The predicted octanol–water partition coefficient (Wildman–Crippen LogP) is 3.11. The molecule has 1 aliphatic carbocycles. The SMILES string of the molecule is CCCn1c(=O)c2[nH]c(-c3cnn(C4CCc5ccccc54)c3)nc2n(CCC)c1=O. The highest BCUT2D eigenvalue weighted by molar-refractivity contribution is 5.75. The minimum absolute atomic E-state index is 0.203. The number of imidazole rings is 1. The molecule has 0 bridgehead atoms. The average molecular weight is 419 g/mol. The van der Waals surface area contributed by atoms with Crippen molar-refractivity contribution in [2.24, 2.45) is 0 Å². The third-order valence-electron chi connectivity index (χ3n) is 6.05. The van der Waals surface area contributed by atoms with E-state index in [0.29, 0.717) is 36.5 Å². The molecule has 0 fully saturated rings. The second kappa shape index (κ2) is 7.68. The number of hydrogen-bond acceptors (Lipinski definition) is 4. The molecule has 160 valence electrons. The van der Waals surface area contributed by atoms with E-state index in [0.717, 1.165) is 24.8 Å². The maximum Gasteiger partial charge on any atom is 0.332 e. The molecule has 8 nitrogen and oxygen atoms in total. The van der Waals surface area contributed by atoms with Crippen molar-refractivity contribution in [1.29, 1.82) is 0 Å². The van der Waals surface area contributed by atoms with Gasteiger partial charge >= 0.3 is 5.69 Å². The van der Waals surface area contributed by atoms with Gasteiger partial charge in [-0.3, -0.25) is 18.6 Å². The van der Waals surface area contributed by atoms with Gasteiger partial charge in [-0.1, -0.05) is 38.1 Å². The molecule has 0 saturated carbocycles. The summed E-state index contributed by atoms with van der Waals surface area (Å²) in [6.07, 6.45) is 7.28. The van der Waals surface area contributed by atoms with Crippen LogP contribution in [0.4, 0.5) is 0 Å². The first-order valence-corrected chi connectivity index (χ1v) is 11.0. The van der Waals surface area contributed by atoms with Crippen LogP contribution in [0.2, 0.25) is 0 Å². The molecule has 1 aliphatic rings. The standard InChI is InChI=1S/C23H26N6O2/c1-3-11-27-21-19(22(30)28(12-4-2)23(27)31)25-20(26-21)16-13-24-29(14-16)18-10-9-15-7-5-6-8-17(15)18/h5-8,13-14,18H,3-4,9-12H2,1-2H3,(H,25,26). The fraction of sp³-hybridized carbons (Fsp3) is 0.391. The Morgan fingerprint density at radius 2 is 1.87 bits per heavy atom. The maximum absolute atomic E-state index is 12.9. The molecule has 1 unspecified atom stereocenters. The van der Waals surface area contributed by atoms with Gasteiger partial charge < -0.3 is 4.98 Å². The summed E-state index contributed by atoms with van der Waals surface area (Å²) in [5, 5.41) is 4.59. The van der Waals surface area contributed by atoms with Gasteiger partial charge in [0.2, 0.25) is 0 Å². The van der Waals surface area contributed by atoms with Gasteiger partial charge in [0.15, 0.2) is 5.65 Å². The van der Waals surface area contributed by atoms with Gasteiger partial charge in [0.25, 0.3) is 5.56 Å². The molecule has 1 atom stereocenters. The number of benzene rings is 1. The Morgan fingerprint density at radius 1 is 1.10 bits per heavy atom. The highest BCUT2D eigenvalue weighted by atomic mass is 16.2. The van der Waals surface area contributed by atoms with Crippen LogP contribution < -0.4 is 11.2 Å². The summed E-state index contributed by atoms with van der Waals surface area (Å²) in [4.78, 5) is 33.6. The van der Waals surface area contributed by atoms with E-state index in [1.807, 2.05) is 24.7 Å². The summed E-state index contributed by atoms with van der Waals surface area (Å²) in [7, 11) is 0. The van der Waals surface area contributed by atoms with E-state index >= 15 is 0 Å². The number of aromatic amines is 1. The lowest BCUT2D eigenvalue weighted by Gasteiger charge is -2.11. The number of hydrogen-bond donors (Lipinski definition) is 1. The second-order valence-corrected chi connectivity index (χ2v) is 8.14. The van der Waals surface area contributed by atoms with Crippen LogP contribution in [0.15, 0.2) is 46.2 Å². The largest absolute Gasteiger partial charge is 0.332 e. The van der Waals surface area contributed by atoms with Gasteiger partial charge in [-0.2, -0.15) is 5.10 Å². The molecule has 0 saturated heterocycles. The van der Waals surface area contributed by atoms with Crippen LogP contribution in [0, 0.1) is 0 Å². The van der Waals surface area contributed by atoms with Crippen molar-refractivity contribution in [3.63, 3.8) is 0 Å². The topological polar surface area (TPSA) is 90.5 Å². The Balaban J connectivity index is 1.59. The maximum atomic E-state index is 12.9. The summed E-state index contributed by atoms with van der Waals surface area (Å²) < 4.78 is 4.88. The quantitative estimate of drug-likeness (QED) is 0.521. The van der Waals surface area contributed by atoms with Crippen LogP contribution in [-0.4, -0.2) is 28.9 Å². The van der Waals surface area contributed by atoms with Gasteiger partial charge in [0.05, 0.1) is 17.8 Å². The lowest BCUT2D eigenvalue weighted by Crippen LogP contribution is -2.40. The van der Waals surface area contributed by atoms with E-state index in [9.17, 15) is 9.59 Å². The zero-order chi connectivity index (χ0) is 21.5. The van der Waals surface area contributed by atoms with E-state index < -0.39 is 0 Å². The van der Waals surface area contributed by atoms with E-state index in [-0.39, 0.29) is 17.3 Å². The number of aromatic nitrogens is 6.